The first-order chi connectivity index (χ1) is 16.5. The average molecular weight is 482 g/mol. The van der Waals surface area contributed by atoms with Gasteiger partial charge in [0.2, 0.25) is 5.91 Å². The van der Waals surface area contributed by atoms with E-state index in [4.69, 9.17) is 9.47 Å². The topological polar surface area (TPSA) is 38.8 Å². The van der Waals surface area contributed by atoms with E-state index in [-0.39, 0.29) is 12.5 Å². The Labute approximate surface area is 202 Å². The van der Waals surface area contributed by atoms with E-state index < -0.39 is 22.8 Å². The second-order valence-corrected chi connectivity index (χ2v) is 9.64. The summed E-state index contributed by atoms with van der Waals surface area (Å²) in [5, 5.41) is 0. The summed E-state index contributed by atoms with van der Waals surface area (Å²) < 4.78 is 51.0. The third kappa shape index (κ3) is 3.83. The number of amides is 1. The van der Waals surface area contributed by atoms with Gasteiger partial charge >= 0.3 is 6.18 Å². The fraction of sp³-hybridized carbons (Fsp3) is 0.321. The van der Waals surface area contributed by atoms with Crippen molar-refractivity contribution in [3.8, 4) is 11.5 Å². The molecule has 2 heterocycles. The minimum atomic E-state index is -4.41. The second-order valence-electron chi connectivity index (χ2n) is 9.64. The molecule has 1 unspecified atom stereocenters. The minimum Gasteiger partial charge on any atom is -0.494 e. The molecule has 0 aromatic heterocycles. The van der Waals surface area contributed by atoms with Crippen molar-refractivity contribution in [3.63, 3.8) is 0 Å². The molecule has 3 aromatic rings. The normalized spacial score (nSPS) is 20.4. The van der Waals surface area contributed by atoms with Crippen molar-refractivity contribution in [1.29, 1.82) is 0 Å². The lowest BCUT2D eigenvalue weighted by Gasteiger charge is -2.43. The predicted molar refractivity (Wildman–Crippen MR) is 127 cm³/mol. The van der Waals surface area contributed by atoms with Crippen LogP contribution in [0.1, 0.15) is 49.4 Å². The zero-order chi connectivity index (χ0) is 25.0. The molecule has 2 aliphatic heterocycles. The van der Waals surface area contributed by atoms with Gasteiger partial charge in [0.15, 0.2) is 0 Å². The molecule has 2 aliphatic rings. The average Bonchev–Trinajstić information content (AvgIpc) is 3.01. The Bertz CT molecular complexity index is 1280. The van der Waals surface area contributed by atoms with E-state index in [2.05, 4.69) is 0 Å². The van der Waals surface area contributed by atoms with Gasteiger partial charge in [0, 0.05) is 23.7 Å². The van der Waals surface area contributed by atoms with Crippen molar-refractivity contribution in [2.45, 2.75) is 50.9 Å². The zero-order valence-corrected chi connectivity index (χ0v) is 19.8. The largest absolute Gasteiger partial charge is 0.494 e. The number of fused-ring (bicyclic) bond motifs is 4. The number of benzene rings is 3. The number of ether oxygens (including phenoxy) is 2. The van der Waals surface area contributed by atoms with Crippen molar-refractivity contribution < 1.29 is 27.4 Å². The van der Waals surface area contributed by atoms with Crippen molar-refractivity contribution in [2.24, 2.45) is 0 Å². The molecule has 1 spiro atoms. The number of hydrogen-bond acceptors (Lipinski definition) is 3. The molecule has 182 valence electrons. The highest BCUT2D eigenvalue weighted by Crippen LogP contribution is 2.56. The maximum atomic E-state index is 14.3. The van der Waals surface area contributed by atoms with Crippen LogP contribution in [0.5, 0.6) is 11.5 Å². The summed E-state index contributed by atoms with van der Waals surface area (Å²) in [6, 6.07) is 18.2. The summed E-state index contributed by atoms with van der Waals surface area (Å²) in [6.07, 6.45) is -3.98. The molecule has 7 heteroatoms. The van der Waals surface area contributed by atoms with Gasteiger partial charge in [0.05, 0.1) is 18.7 Å². The summed E-state index contributed by atoms with van der Waals surface area (Å²) in [7, 11) is 0. The third-order valence-electron chi connectivity index (χ3n) is 6.69. The molecule has 4 nitrogen and oxygen atoms in total. The molecule has 0 N–H and O–H groups in total. The van der Waals surface area contributed by atoms with Crippen molar-refractivity contribution >= 4 is 11.6 Å². The Morgan fingerprint density at radius 3 is 2.40 bits per heavy atom. The van der Waals surface area contributed by atoms with Crippen LogP contribution in [0.15, 0.2) is 66.7 Å². The molecule has 0 radical (unpaired) electrons. The van der Waals surface area contributed by atoms with E-state index in [1.54, 1.807) is 4.90 Å². The molecule has 0 saturated heterocycles. The predicted octanol–water partition coefficient (Wildman–Crippen LogP) is 6.50. The molecule has 1 atom stereocenters. The van der Waals surface area contributed by atoms with Crippen LogP contribution in [0.4, 0.5) is 18.9 Å². The van der Waals surface area contributed by atoms with E-state index in [9.17, 15) is 18.0 Å². The van der Waals surface area contributed by atoms with Crippen LogP contribution < -0.4 is 14.4 Å². The lowest BCUT2D eigenvalue weighted by molar-refractivity contribution is -0.137. The van der Waals surface area contributed by atoms with Crippen LogP contribution in [0.2, 0.25) is 0 Å². The third-order valence-corrected chi connectivity index (χ3v) is 6.69. The minimum absolute atomic E-state index is 0.111. The van der Waals surface area contributed by atoms with Gasteiger partial charge in [0.1, 0.15) is 22.5 Å². The standard InChI is InChI=1S/C28H26F3NO3/c1-4-34-20-13-14-22-24(15-20)35-26(2,3)17-27(22)21-7-5-6-8-23(21)32(25(27)33)16-18-9-11-19(12-10-18)28(29,30)31/h5-15H,4,16-17H2,1-3H3. The van der Waals surface area contributed by atoms with Crippen LogP contribution in [-0.2, 0) is 22.9 Å². The van der Waals surface area contributed by atoms with Gasteiger partial charge < -0.3 is 14.4 Å². The number of hydrogen-bond donors (Lipinski definition) is 0. The summed E-state index contributed by atoms with van der Waals surface area (Å²) in [6.45, 7) is 6.50. The molecular weight excluding hydrogens is 455 g/mol. The number of para-hydroxylation sites is 1. The summed E-state index contributed by atoms with van der Waals surface area (Å²) in [5.41, 5.74) is 0.712. The van der Waals surface area contributed by atoms with E-state index >= 15 is 0 Å². The van der Waals surface area contributed by atoms with Crippen molar-refractivity contribution in [1.82, 2.24) is 0 Å². The maximum absolute atomic E-state index is 14.3. The summed E-state index contributed by atoms with van der Waals surface area (Å²) >= 11 is 0. The molecule has 0 bridgehead atoms. The van der Waals surface area contributed by atoms with Crippen LogP contribution in [0.3, 0.4) is 0 Å². The van der Waals surface area contributed by atoms with Crippen LogP contribution in [-0.4, -0.2) is 18.1 Å². The number of carbonyl (C=O) groups excluding carboxylic acids is 1. The monoisotopic (exact) mass is 481 g/mol. The van der Waals surface area contributed by atoms with Crippen LogP contribution in [0, 0.1) is 0 Å². The van der Waals surface area contributed by atoms with E-state index in [0.29, 0.717) is 30.1 Å². The van der Waals surface area contributed by atoms with Gasteiger partial charge in [-0.05, 0) is 56.2 Å². The second kappa shape index (κ2) is 8.04. The molecular formula is C28H26F3NO3. The number of alkyl halides is 3. The lowest BCUT2D eigenvalue weighted by Crippen LogP contribution is -2.50. The van der Waals surface area contributed by atoms with Crippen LogP contribution >= 0.6 is 0 Å². The molecule has 0 fully saturated rings. The van der Waals surface area contributed by atoms with Gasteiger partial charge in [-0.2, -0.15) is 13.2 Å². The summed E-state index contributed by atoms with van der Waals surface area (Å²) in [5.74, 6) is 1.16. The Balaban J connectivity index is 1.61. The van der Waals surface area contributed by atoms with Gasteiger partial charge in [-0.1, -0.05) is 36.4 Å². The number of carbonyl (C=O) groups is 1. The molecule has 0 saturated carbocycles. The summed E-state index contributed by atoms with van der Waals surface area (Å²) in [4.78, 5) is 16.0. The first-order valence-corrected chi connectivity index (χ1v) is 11.6. The first-order valence-electron chi connectivity index (χ1n) is 11.6. The fourth-order valence-corrected chi connectivity index (χ4v) is 5.36. The number of nitrogens with zero attached hydrogens (tertiary/aromatic N) is 1. The van der Waals surface area contributed by atoms with Crippen molar-refractivity contribution in [2.75, 3.05) is 11.5 Å². The molecule has 1 amide bonds. The van der Waals surface area contributed by atoms with E-state index in [0.717, 1.165) is 28.9 Å². The highest BCUT2D eigenvalue weighted by Gasteiger charge is 2.58. The van der Waals surface area contributed by atoms with E-state index in [1.807, 2.05) is 63.2 Å². The molecule has 5 rings (SSSR count). The number of halogens is 3. The molecule has 35 heavy (non-hydrogen) atoms. The Morgan fingerprint density at radius 1 is 1.00 bits per heavy atom. The Kier molecular flexibility index (Phi) is 5.34. The van der Waals surface area contributed by atoms with Gasteiger partial charge in [0.25, 0.3) is 0 Å². The van der Waals surface area contributed by atoms with Crippen molar-refractivity contribution in [3.05, 3.63) is 89.0 Å². The van der Waals surface area contributed by atoms with Crippen LogP contribution in [0.25, 0.3) is 0 Å². The highest BCUT2D eigenvalue weighted by molar-refractivity contribution is 6.11. The fourth-order valence-electron chi connectivity index (χ4n) is 5.36. The SMILES string of the molecule is CCOc1ccc2c(c1)OC(C)(C)CC21C(=O)N(Cc2ccc(C(F)(F)F)cc2)c2ccccc21. The highest BCUT2D eigenvalue weighted by atomic mass is 19.4. The molecule has 0 aliphatic carbocycles. The van der Waals surface area contributed by atoms with E-state index in [1.165, 1.54) is 12.1 Å². The lowest BCUT2D eigenvalue weighted by atomic mass is 9.67. The van der Waals surface area contributed by atoms with Gasteiger partial charge in [-0.15, -0.1) is 0 Å². The molecule has 3 aromatic carbocycles. The Hall–Kier alpha value is -3.48. The smallest absolute Gasteiger partial charge is 0.416 e. The maximum Gasteiger partial charge on any atom is 0.416 e. The first kappa shape index (κ1) is 23.3. The number of rotatable bonds is 4. The number of anilines is 1. The van der Waals surface area contributed by atoms with Gasteiger partial charge in [-0.3, -0.25) is 4.79 Å². The van der Waals surface area contributed by atoms with Gasteiger partial charge in [-0.25, -0.2) is 0 Å². The zero-order valence-electron chi connectivity index (χ0n) is 19.8. The Morgan fingerprint density at radius 2 is 1.71 bits per heavy atom. The quantitative estimate of drug-likeness (QED) is 0.427.